The maximum Gasteiger partial charge on any atom is 0.178 e. The van der Waals surface area contributed by atoms with Crippen molar-refractivity contribution >= 4 is 15.5 Å². The van der Waals surface area contributed by atoms with Crippen molar-refractivity contribution in [1.82, 2.24) is 4.90 Å². The number of hydrogen-bond donors (Lipinski definition) is 0. The van der Waals surface area contributed by atoms with Gasteiger partial charge < -0.3 is 4.90 Å². The number of anilines is 1. The Hall–Kier alpha value is -1.85. The summed E-state index contributed by atoms with van der Waals surface area (Å²) >= 11 is 0. The fraction of sp³-hybridized carbons (Fsp3) is 0.455. The molecule has 0 radical (unpaired) electrons. The third-order valence-corrected chi connectivity index (χ3v) is 7.26. The SMILES string of the molecule is Cc1cccc(S(=O)(=O)CC(C)CCN2CCN(c3ccccc3)CC2)c1. The number of nitrogens with zero attached hydrogens (tertiary/aromatic N) is 2. The highest BCUT2D eigenvalue weighted by Crippen LogP contribution is 2.19. The van der Waals surface area contributed by atoms with Crippen LogP contribution in [0.15, 0.2) is 59.5 Å². The predicted octanol–water partition coefficient (Wildman–Crippen LogP) is 3.62. The van der Waals surface area contributed by atoms with Gasteiger partial charge in [0.25, 0.3) is 0 Å². The molecule has 4 nitrogen and oxygen atoms in total. The van der Waals surface area contributed by atoms with Crippen LogP contribution in [0.3, 0.4) is 0 Å². The minimum atomic E-state index is -3.21. The van der Waals surface area contributed by atoms with E-state index in [0.29, 0.717) is 4.90 Å². The molecule has 1 saturated heterocycles. The molecule has 1 aliphatic heterocycles. The molecule has 1 aliphatic rings. The van der Waals surface area contributed by atoms with Gasteiger partial charge >= 0.3 is 0 Å². The van der Waals surface area contributed by atoms with Gasteiger partial charge in [0, 0.05) is 31.9 Å². The molecular weight excluding hydrogens is 356 g/mol. The first-order chi connectivity index (χ1) is 12.9. The van der Waals surface area contributed by atoms with Crippen LogP contribution in [0.25, 0.3) is 0 Å². The summed E-state index contributed by atoms with van der Waals surface area (Å²) in [5.74, 6) is 0.378. The lowest BCUT2D eigenvalue weighted by molar-refractivity contribution is 0.244. The lowest BCUT2D eigenvalue weighted by Crippen LogP contribution is -2.46. The molecule has 1 unspecified atom stereocenters. The quantitative estimate of drug-likeness (QED) is 0.729. The summed E-state index contributed by atoms with van der Waals surface area (Å²) in [5.41, 5.74) is 2.27. The van der Waals surface area contributed by atoms with E-state index in [1.54, 1.807) is 12.1 Å². The van der Waals surface area contributed by atoms with E-state index in [2.05, 4.69) is 34.1 Å². The molecule has 0 spiro atoms. The van der Waals surface area contributed by atoms with Gasteiger partial charge in [-0.25, -0.2) is 8.42 Å². The Morgan fingerprint density at radius 1 is 0.963 bits per heavy atom. The van der Waals surface area contributed by atoms with Gasteiger partial charge in [-0.15, -0.1) is 0 Å². The van der Waals surface area contributed by atoms with Crippen LogP contribution >= 0.6 is 0 Å². The molecule has 2 aromatic carbocycles. The van der Waals surface area contributed by atoms with Crippen molar-refractivity contribution < 1.29 is 8.42 Å². The summed E-state index contributed by atoms with van der Waals surface area (Å²) in [6.07, 6.45) is 0.913. The van der Waals surface area contributed by atoms with Crippen LogP contribution in [-0.4, -0.2) is 51.8 Å². The maximum atomic E-state index is 12.6. The first kappa shape index (κ1) is 19.9. The Morgan fingerprint density at radius 2 is 1.67 bits per heavy atom. The Bertz CT molecular complexity index is 828. The average molecular weight is 387 g/mol. The Labute approximate surface area is 163 Å². The van der Waals surface area contributed by atoms with E-state index in [1.807, 2.05) is 32.0 Å². The standard InChI is InChI=1S/C22H30N2O2S/c1-19-7-6-10-22(17-19)27(25,26)18-20(2)11-12-23-13-15-24(16-14-23)21-8-4-3-5-9-21/h3-10,17,20H,11-16,18H2,1-2H3. The molecule has 0 amide bonds. The molecule has 0 bridgehead atoms. The molecule has 146 valence electrons. The second-order valence-electron chi connectivity index (χ2n) is 7.66. The number of para-hydroxylation sites is 1. The van der Waals surface area contributed by atoms with Crippen molar-refractivity contribution in [3.63, 3.8) is 0 Å². The van der Waals surface area contributed by atoms with Gasteiger partial charge in [0.15, 0.2) is 9.84 Å². The summed E-state index contributed by atoms with van der Waals surface area (Å²) in [6.45, 7) is 9.07. The largest absolute Gasteiger partial charge is 0.369 e. The Morgan fingerprint density at radius 3 is 2.33 bits per heavy atom. The van der Waals surface area contributed by atoms with E-state index in [1.165, 1.54) is 5.69 Å². The fourth-order valence-electron chi connectivity index (χ4n) is 3.63. The highest BCUT2D eigenvalue weighted by Gasteiger charge is 2.21. The topological polar surface area (TPSA) is 40.6 Å². The third kappa shape index (κ3) is 5.56. The zero-order valence-electron chi connectivity index (χ0n) is 16.3. The van der Waals surface area contributed by atoms with Crippen LogP contribution in [-0.2, 0) is 9.84 Å². The van der Waals surface area contributed by atoms with Gasteiger partial charge in [0.05, 0.1) is 10.6 Å². The zero-order valence-corrected chi connectivity index (χ0v) is 17.2. The first-order valence-electron chi connectivity index (χ1n) is 9.76. The number of piperazine rings is 1. The van der Waals surface area contributed by atoms with Crippen molar-refractivity contribution in [2.24, 2.45) is 5.92 Å². The number of sulfone groups is 1. The van der Waals surface area contributed by atoms with Crippen molar-refractivity contribution in [1.29, 1.82) is 0 Å². The van der Waals surface area contributed by atoms with Gasteiger partial charge in [0.2, 0.25) is 0 Å². The van der Waals surface area contributed by atoms with E-state index in [0.717, 1.165) is 44.7 Å². The van der Waals surface area contributed by atoms with Crippen LogP contribution in [0, 0.1) is 12.8 Å². The zero-order chi connectivity index (χ0) is 19.3. The maximum absolute atomic E-state index is 12.6. The number of rotatable bonds is 7. The molecule has 1 atom stereocenters. The van der Waals surface area contributed by atoms with Crippen LogP contribution < -0.4 is 4.90 Å². The van der Waals surface area contributed by atoms with E-state index in [4.69, 9.17) is 0 Å². The minimum absolute atomic E-state index is 0.155. The average Bonchev–Trinajstić information content (AvgIpc) is 2.67. The number of aryl methyl sites for hydroxylation is 1. The molecule has 1 heterocycles. The van der Waals surface area contributed by atoms with Crippen LogP contribution in [0.4, 0.5) is 5.69 Å². The summed E-state index contributed by atoms with van der Waals surface area (Å²) in [7, 11) is -3.21. The van der Waals surface area contributed by atoms with Gasteiger partial charge in [-0.1, -0.05) is 37.3 Å². The van der Waals surface area contributed by atoms with Crippen molar-refractivity contribution in [3.05, 3.63) is 60.2 Å². The minimum Gasteiger partial charge on any atom is -0.369 e. The molecule has 5 heteroatoms. The highest BCUT2D eigenvalue weighted by molar-refractivity contribution is 7.91. The third-order valence-electron chi connectivity index (χ3n) is 5.28. The lowest BCUT2D eigenvalue weighted by Gasteiger charge is -2.36. The molecule has 0 aliphatic carbocycles. The van der Waals surface area contributed by atoms with E-state index < -0.39 is 9.84 Å². The molecule has 2 aromatic rings. The normalized spacial score (nSPS) is 17.0. The van der Waals surface area contributed by atoms with Gasteiger partial charge in [-0.05, 0) is 55.6 Å². The van der Waals surface area contributed by atoms with E-state index >= 15 is 0 Å². The lowest BCUT2D eigenvalue weighted by atomic mass is 10.1. The first-order valence-corrected chi connectivity index (χ1v) is 11.4. The number of benzene rings is 2. The second-order valence-corrected chi connectivity index (χ2v) is 9.69. The molecular formula is C22H30N2O2S. The smallest absolute Gasteiger partial charge is 0.178 e. The molecule has 1 fully saturated rings. The van der Waals surface area contributed by atoms with Crippen LogP contribution in [0.5, 0.6) is 0 Å². The van der Waals surface area contributed by atoms with E-state index in [-0.39, 0.29) is 11.7 Å². The fourth-order valence-corrected chi connectivity index (χ4v) is 5.39. The van der Waals surface area contributed by atoms with Crippen molar-refractivity contribution in [2.45, 2.75) is 25.2 Å². The van der Waals surface area contributed by atoms with Crippen molar-refractivity contribution in [2.75, 3.05) is 43.4 Å². The summed E-state index contributed by atoms with van der Waals surface area (Å²) in [4.78, 5) is 5.32. The Balaban J connectivity index is 1.45. The number of hydrogen-bond acceptors (Lipinski definition) is 4. The predicted molar refractivity (Wildman–Crippen MR) is 112 cm³/mol. The van der Waals surface area contributed by atoms with E-state index in [9.17, 15) is 8.42 Å². The molecule has 0 saturated carbocycles. The molecule has 27 heavy (non-hydrogen) atoms. The highest BCUT2D eigenvalue weighted by atomic mass is 32.2. The van der Waals surface area contributed by atoms with Gasteiger partial charge in [0.1, 0.15) is 0 Å². The summed E-state index contributed by atoms with van der Waals surface area (Å²) in [6, 6.07) is 17.8. The molecule has 3 rings (SSSR count). The van der Waals surface area contributed by atoms with Gasteiger partial charge in [-0.2, -0.15) is 0 Å². The van der Waals surface area contributed by atoms with Crippen LogP contribution in [0.2, 0.25) is 0 Å². The van der Waals surface area contributed by atoms with Gasteiger partial charge in [-0.3, -0.25) is 4.90 Å². The van der Waals surface area contributed by atoms with Crippen molar-refractivity contribution in [3.8, 4) is 0 Å². The summed E-state index contributed by atoms with van der Waals surface area (Å²) in [5, 5.41) is 0. The van der Waals surface area contributed by atoms with Crippen LogP contribution in [0.1, 0.15) is 18.9 Å². The Kier molecular flexibility index (Phi) is 6.55. The second kappa shape index (κ2) is 8.89. The monoisotopic (exact) mass is 386 g/mol. The molecule has 0 N–H and O–H groups in total. The molecule has 0 aromatic heterocycles. The summed E-state index contributed by atoms with van der Waals surface area (Å²) < 4.78 is 25.3.